The Labute approximate surface area is 394 Å². The van der Waals surface area contributed by atoms with Crippen LogP contribution in [0.1, 0.15) is 104 Å². The maximum atomic E-state index is 7.55. The van der Waals surface area contributed by atoms with Gasteiger partial charge in [0.05, 0.1) is 16.7 Å². The zero-order valence-electron chi connectivity index (χ0n) is 39.6. The first-order valence-electron chi connectivity index (χ1n) is 23.9. The van der Waals surface area contributed by atoms with Gasteiger partial charge in [0.1, 0.15) is 11.2 Å². The summed E-state index contributed by atoms with van der Waals surface area (Å²) in [6.07, 6.45) is 2.34. The molecular weight excluding hydrogens is 840 g/mol. The van der Waals surface area contributed by atoms with Gasteiger partial charge in [0, 0.05) is 73.4 Å². The van der Waals surface area contributed by atoms with Crippen LogP contribution in [0.3, 0.4) is 0 Å². The second kappa shape index (κ2) is 12.6. The summed E-state index contributed by atoms with van der Waals surface area (Å²) in [5.41, 5.74) is 17.9. The topological polar surface area (TPSA) is 21.3 Å². The highest BCUT2D eigenvalue weighted by Gasteiger charge is 2.49. The molecule has 0 unspecified atom stereocenters. The summed E-state index contributed by atoms with van der Waals surface area (Å²) in [5, 5.41) is 9.25. The lowest BCUT2D eigenvalue weighted by Crippen LogP contribution is -2.60. The lowest BCUT2D eigenvalue weighted by Gasteiger charge is -2.42. The quantitative estimate of drug-likeness (QED) is 0.153. The number of hydrogen-bond donors (Lipinski definition) is 0. The van der Waals surface area contributed by atoms with Gasteiger partial charge in [-0.2, -0.15) is 0 Å². The van der Waals surface area contributed by atoms with Crippen molar-refractivity contribution in [3.63, 3.8) is 0 Å². The van der Waals surface area contributed by atoms with Gasteiger partial charge < -0.3 is 13.8 Å². The van der Waals surface area contributed by atoms with Gasteiger partial charge >= 0.3 is 6.85 Å². The van der Waals surface area contributed by atoms with Crippen molar-refractivity contribution in [1.82, 2.24) is 4.57 Å². The molecule has 3 aliphatic rings. The fourth-order valence-electron chi connectivity index (χ4n) is 12.4. The molecular formula is C60H53BN2OS2. The molecule has 6 heteroatoms. The summed E-state index contributed by atoms with van der Waals surface area (Å²) < 4.78 is 15.6. The van der Waals surface area contributed by atoms with Crippen LogP contribution in [-0.4, -0.2) is 11.4 Å². The second-order valence-corrected chi connectivity index (χ2v) is 25.3. The molecule has 1 aliphatic carbocycles. The van der Waals surface area contributed by atoms with E-state index in [0.29, 0.717) is 0 Å². The van der Waals surface area contributed by atoms with E-state index in [9.17, 15) is 0 Å². The second-order valence-electron chi connectivity index (χ2n) is 23.1. The number of anilines is 2. The Balaban J connectivity index is 1.25. The number of fused-ring (bicyclic) bond motifs is 19. The molecule has 0 bridgehead atoms. The number of rotatable bonds is 1. The highest BCUT2D eigenvalue weighted by atomic mass is 32.1. The van der Waals surface area contributed by atoms with E-state index in [2.05, 4.69) is 194 Å². The van der Waals surface area contributed by atoms with Crippen LogP contribution >= 0.6 is 22.7 Å². The van der Waals surface area contributed by atoms with E-state index >= 15 is 0 Å². The number of hydrogen-bond acceptors (Lipinski definition) is 4. The van der Waals surface area contributed by atoms with Gasteiger partial charge in [-0.15, -0.1) is 22.7 Å². The molecule has 66 heavy (non-hydrogen) atoms. The number of aromatic nitrogens is 1. The largest absolute Gasteiger partial charge is 0.466 e. The molecule has 0 spiro atoms. The van der Waals surface area contributed by atoms with Crippen molar-refractivity contribution < 1.29 is 4.42 Å². The molecule has 3 nitrogen and oxygen atoms in total. The Bertz CT molecular complexity index is 3970. The van der Waals surface area contributed by atoms with Crippen LogP contribution in [0.25, 0.3) is 89.9 Å². The highest BCUT2D eigenvalue weighted by Crippen LogP contribution is 2.56. The van der Waals surface area contributed by atoms with Crippen molar-refractivity contribution >= 4 is 125 Å². The average molecular weight is 893 g/mol. The Morgan fingerprint density at radius 1 is 0.591 bits per heavy atom. The van der Waals surface area contributed by atoms with Gasteiger partial charge in [0.25, 0.3) is 0 Å². The van der Waals surface area contributed by atoms with Crippen LogP contribution in [0, 0.1) is 0 Å². The summed E-state index contributed by atoms with van der Waals surface area (Å²) in [5.74, 6) is 0. The maximum absolute atomic E-state index is 7.55. The molecule has 324 valence electrons. The predicted octanol–water partition coefficient (Wildman–Crippen LogP) is 16.4. The van der Waals surface area contributed by atoms with Crippen molar-refractivity contribution in [1.29, 1.82) is 0 Å². The van der Waals surface area contributed by atoms with Crippen LogP contribution in [0.4, 0.5) is 11.4 Å². The zero-order valence-corrected chi connectivity index (χ0v) is 41.2. The van der Waals surface area contributed by atoms with Gasteiger partial charge in [0.15, 0.2) is 0 Å². The Kier molecular flexibility index (Phi) is 7.50. The molecule has 4 aromatic heterocycles. The van der Waals surface area contributed by atoms with Crippen LogP contribution in [0.2, 0.25) is 0 Å². The van der Waals surface area contributed by atoms with Crippen LogP contribution in [-0.2, 0) is 21.7 Å². The standard InChI is InChI=1S/C60H53BN2OS2/c1-57(2,3)32-19-22-34(23-20-32)63-44-29-37-35-15-11-13-17-46(35)65-48(37)30-39(44)49-50-36-16-12-14-18-47(36)66-55(50)51-38-28-41-42(60(9,10)26-25-59(41,7)8)31-43(38)62-53-40-27-33(58(4,5)6)21-24-45(40)64-56(53)61(63)52(49)54(51)62/h11-24,27-31H,25-26H2,1-10H3. The number of nitrogens with zero attached hydrogens (tertiary/aromatic N) is 2. The smallest absolute Gasteiger partial charge is 0.375 e. The molecule has 7 aromatic carbocycles. The maximum Gasteiger partial charge on any atom is 0.375 e. The molecule has 14 rings (SSSR count). The molecule has 2 aliphatic heterocycles. The first-order chi connectivity index (χ1) is 31.5. The molecule has 6 heterocycles. The lowest BCUT2D eigenvalue weighted by molar-refractivity contribution is 0.332. The molecule has 0 atom stereocenters. The van der Waals surface area contributed by atoms with Gasteiger partial charge in [-0.3, -0.25) is 0 Å². The monoisotopic (exact) mass is 892 g/mol. The molecule has 11 aromatic rings. The first kappa shape index (κ1) is 39.4. The lowest BCUT2D eigenvalue weighted by atomic mass is 9.46. The van der Waals surface area contributed by atoms with Crippen LogP contribution in [0.15, 0.2) is 120 Å². The Morgan fingerprint density at radius 2 is 1.24 bits per heavy atom. The molecule has 0 radical (unpaired) electrons. The third-order valence-corrected chi connectivity index (χ3v) is 18.5. The zero-order chi connectivity index (χ0) is 45.1. The third-order valence-electron chi connectivity index (χ3n) is 16.1. The van der Waals surface area contributed by atoms with E-state index in [1.807, 2.05) is 22.7 Å². The normalized spacial score (nSPS) is 16.4. The Hall–Kier alpha value is -5.82. The number of furan rings is 1. The van der Waals surface area contributed by atoms with E-state index in [1.54, 1.807) is 0 Å². The first-order valence-corrected chi connectivity index (χ1v) is 25.5. The Morgan fingerprint density at radius 3 is 1.95 bits per heavy atom. The number of thiophene rings is 2. The average Bonchev–Trinajstić information content (AvgIpc) is 4.04. The molecule has 0 fully saturated rings. The van der Waals surface area contributed by atoms with Crippen molar-refractivity contribution in [2.45, 2.75) is 104 Å². The fourth-order valence-corrected chi connectivity index (χ4v) is 14.8. The molecule has 0 saturated heterocycles. The minimum absolute atomic E-state index is 0.0230. The SMILES string of the molecule is CC(C)(C)c1ccc(N2B3c4oc5ccc(C(C)(C)C)cc5c4-n4c5cc6c(cc5c5c7sc8ccccc8c7c(c3c54)-c3cc4sc5ccccc5c4cc32)C(C)(C)CCC6(C)C)cc1. The summed E-state index contributed by atoms with van der Waals surface area (Å²) in [7, 11) is 0. The summed E-state index contributed by atoms with van der Waals surface area (Å²) in [6.45, 7) is 23.6. The third kappa shape index (κ3) is 5.05. The van der Waals surface area contributed by atoms with Gasteiger partial charge in [-0.1, -0.05) is 124 Å². The van der Waals surface area contributed by atoms with E-state index in [1.165, 1.54) is 130 Å². The molecule has 0 saturated carbocycles. The van der Waals surface area contributed by atoms with Gasteiger partial charge in [-0.05, 0) is 128 Å². The van der Waals surface area contributed by atoms with E-state index in [0.717, 1.165) is 17.7 Å². The molecule has 0 N–H and O–H groups in total. The summed E-state index contributed by atoms with van der Waals surface area (Å²) >= 11 is 3.90. The summed E-state index contributed by atoms with van der Waals surface area (Å²) in [4.78, 5) is 2.67. The van der Waals surface area contributed by atoms with Crippen molar-refractivity contribution in [2.75, 3.05) is 4.81 Å². The highest BCUT2D eigenvalue weighted by molar-refractivity contribution is 7.27. The minimum Gasteiger partial charge on any atom is -0.466 e. The van der Waals surface area contributed by atoms with E-state index in [4.69, 9.17) is 4.42 Å². The minimum atomic E-state index is -0.235. The number of benzene rings is 7. The molecule has 0 amide bonds. The van der Waals surface area contributed by atoms with E-state index < -0.39 is 0 Å². The van der Waals surface area contributed by atoms with E-state index in [-0.39, 0.29) is 28.5 Å². The van der Waals surface area contributed by atoms with Crippen molar-refractivity contribution in [2.24, 2.45) is 0 Å². The summed E-state index contributed by atoms with van der Waals surface area (Å²) in [6, 6.07) is 44.9. The van der Waals surface area contributed by atoms with Crippen molar-refractivity contribution in [3.05, 3.63) is 138 Å². The van der Waals surface area contributed by atoms with Crippen LogP contribution in [0.5, 0.6) is 0 Å². The van der Waals surface area contributed by atoms with Gasteiger partial charge in [0.2, 0.25) is 0 Å². The van der Waals surface area contributed by atoms with Crippen LogP contribution < -0.4 is 15.9 Å². The fraction of sp³-hybridized carbons (Fsp3) is 0.267. The van der Waals surface area contributed by atoms with Gasteiger partial charge in [-0.25, -0.2) is 0 Å². The predicted molar refractivity (Wildman–Crippen MR) is 288 cm³/mol. The van der Waals surface area contributed by atoms with Crippen molar-refractivity contribution in [3.8, 4) is 16.8 Å².